The lowest BCUT2D eigenvalue weighted by atomic mass is 10.1. The van der Waals surface area contributed by atoms with Crippen molar-refractivity contribution >= 4 is 22.5 Å². The molecule has 1 aromatic heterocycles. The van der Waals surface area contributed by atoms with Crippen molar-refractivity contribution in [1.82, 2.24) is 14.8 Å². The summed E-state index contributed by atoms with van der Waals surface area (Å²) in [5.41, 5.74) is 3.18. The molecule has 1 amide bonds. The number of benzene rings is 2. The number of rotatable bonds is 12. The number of halogens is 1. The third-order valence-corrected chi connectivity index (χ3v) is 7.08. The predicted octanol–water partition coefficient (Wildman–Crippen LogP) is 5.47. The number of nitrogens with one attached hydrogen (secondary N) is 1. The second-order valence-electron chi connectivity index (χ2n) is 9.67. The lowest BCUT2D eigenvalue weighted by Crippen LogP contribution is -2.50. The molecule has 2 aromatic carbocycles. The smallest absolute Gasteiger partial charge is 0.241 e. The van der Waals surface area contributed by atoms with Crippen molar-refractivity contribution < 1.29 is 9.18 Å². The average molecular weight is 479 g/mol. The molecule has 0 aliphatic carbocycles. The van der Waals surface area contributed by atoms with Gasteiger partial charge in [0.2, 0.25) is 5.91 Å². The highest BCUT2D eigenvalue weighted by Crippen LogP contribution is 2.21. The second-order valence-corrected chi connectivity index (χ2v) is 9.67. The fraction of sp³-hybridized carbons (Fsp3) is 0.483. The Morgan fingerprint density at radius 1 is 0.971 bits per heavy atom. The number of aromatic amines is 1. The van der Waals surface area contributed by atoms with Crippen molar-refractivity contribution in [3.63, 3.8) is 0 Å². The third-order valence-electron chi connectivity index (χ3n) is 7.08. The Morgan fingerprint density at radius 2 is 1.74 bits per heavy atom. The van der Waals surface area contributed by atoms with Crippen LogP contribution in [0, 0.1) is 5.82 Å². The third kappa shape index (κ3) is 7.15. The van der Waals surface area contributed by atoms with Crippen molar-refractivity contribution in [1.29, 1.82) is 0 Å². The molecule has 0 atom stereocenters. The summed E-state index contributed by atoms with van der Waals surface area (Å²) in [5.74, 6) is 0.0172. The molecule has 0 bridgehead atoms. The lowest BCUT2D eigenvalue weighted by Gasteiger charge is -2.35. The number of amides is 1. The number of fused-ring (bicyclic) bond motifs is 1. The Labute approximate surface area is 208 Å². The summed E-state index contributed by atoms with van der Waals surface area (Å²) in [4.78, 5) is 23.2. The second kappa shape index (κ2) is 12.8. The standard InChI is InChI=1S/C29H39FN4O/c1-2-3-4-8-16-34(26-11-6-5-7-12-26)29(35)23-33-19-17-32(18-20-33)15-9-10-24-22-31-28-14-13-25(30)21-27(24)28/h5-7,11-14,21-22,31H,2-4,8-10,15-20,23H2,1H3. The largest absolute Gasteiger partial charge is 0.361 e. The van der Waals surface area contributed by atoms with E-state index in [1.54, 1.807) is 12.1 Å². The average Bonchev–Trinajstić information content (AvgIpc) is 3.27. The Balaban J connectivity index is 1.22. The summed E-state index contributed by atoms with van der Waals surface area (Å²) in [5, 5.41) is 0.992. The first-order valence-electron chi connectivity index (χ1n) is 13.2. The highest BCUT2D eigenvalue weighted by molar-refractivity contribution is 5.94. The van der Waals surface area contributed by atoms with Crippen molar-refractivity contribution in [3.05, 3.63) is 66.1 Å². The van der Waals surface area contributed by atoms with E-state index in [2.05, 4.69) is 21.7 Å². The number of anilines is 1. The Kier molecular flexibility index (Phi) is 9.32. The molecule has 0 radical (unpaired) electrons. The van der Waals surface area contributed by atoms with Crippen molar-refractivity contribution in [3.8, 4) is 0 Å². The number of para-hydroxylation sites is 1. The van der Waals surface area contributed by atoms with E-state index in [-0.39, 0.29) is 11.7 Å². The zero-order valence-corrected chi connectivity index (χ0v) is 21.0. The molecule has 5 nitrogen and oxygen atoms in total. The van der Waals surface area contributed by atoms with Crippen LogP contribution in [0.3, 0.4) is 0 Å². The van der Waals surface area contributed by atoms with Crippen molar-refractivity contribution in [2.24, 2.45) is 0 Å². The van der Waals surface area contributed by atoms with Crippen LogP contribution in [0.25, 0.3) is 10.9 Å². The quantitative estimate of drug-likeness (QED) is 0.351. The van der Waals surface area contributed by atoms with Crippen molar-refractivity contribution in [2.75, 3.05) is 50.7 Å². The maximum atomic E-state index is 13.6. The van der Waals surface area contributed by atoms with Crippen LogP contribution >= 0.6 is 0 Å². The molecule has 2 heterocycles. The highest BCUT2D eigenvalue weighted by Gasteiger charge is 2.22. The molecule has 1 saturated heterocycles. The molecule has 4 rings (SSSR count). The summed E-state index contributed by atoms with van der Waals surface area (Å²) >= 11 is 0. The minimum absolute atomic E-state index is 0.184. The van der Waals surface area contributed by atoms with Gasteiger partial charge in [-0.05, 0) is 61.7 Å². The molecule has 0 spiro atoms. The van der Waals surface area contributed by atoms with Crippen LogP contribution in [0.15, 0.2) is 54.7 Å². The molecule has 1 aliphatic heterocycles. The monoisotopic (exact) mass is 478 g/mol. The molecular formula is C29H39FN4O. The number of hydrogen-bond donors (Lipinski definition) is 1. The van der Waals surface area contributed by atoms with Gasteiger partial charge in [-0.15, -0.1) is 0 Å². The van der Waals surface area contributed by atoms with E-state index in [1.807, 2.05) is 41.4 Å². The number of hydrogen-bond acceptors (Lipinski definition) is 3. The van der Waals surface area contributed by atoms with Gasteiger partial charge in [0, 0.05) is 55.5 Å². The SMILES string of the molecule is CCCCCCN(C(=O)CN1CCN(CCCc2c[nH]c3ccc(F)cc23)CC1)c1ccccc1. The molecule has 1 fully saturated rings. The van der Waals surface area contributed by atoms with Gasteiger partial charge in [0.05, 0.1) is 6.54 Å². The Hall–Kier alpha value is -2.70. The molecule has 35 heavy (non-hydrogen) atoms. The first kappa shape index (κ1) is 25.4. The van der Waals surface area contributed by atoms with Gasteiger partial charge in [0.15, 0.2) is 0 Å². The Morgan fingerprint density at radius 3 is 2.51 bits per heavy atom. The van der Waals surface area contributed by atoms with Crippen LogP contribution in [0.1, 0.15) is 44.6 Å². The van der Waals surface area contributed by atoms with Gasteiger partial charge in [-0.2, -0.15) is 0 Å². The normalized spacial score (nSPS) is 15.0. The van der Waals surface area contributed by atoms with Crippen molar-refractivity contribution in [2.45, 2.75) is 45.4 Å². The van der Waals surface area contributed by atoms with E-state index in [0.29, 0.717) is 6.54 Å². The number of H-pyrrole nitrogens is 1. The summed E-state index contributed by atoms with van der Waals surface area (Å²) < 4.78 is 13.6. The zero-order chi connectivity index (χ0) is 24.5. The minimum Gasteiger partial charge on any atom is -0.361 e. The number of unbranched alkanes of at least 4 members (excludes halogenated alkanes) is 3. The van der Waals surface area contributed by atoms with Crippen LogP contribution in [-0.4, -0.2) is 66.5 Å². The number of carbonyl (C=O) groups excluding carboxylic acids is 1. The van der Waals surface area contributed by atoms with E-state index >= 15 is 0 Å². The number of piperazine rings is 1. The Bertz CT molecular complexity index is 1060. The lowest BCUT2D eigenvalue weighted by molar-refractivity contribution is -0.120. The summed E-state index contributed by atoms with van der Waals surface area (Å²) in [6.45, 7) is 8.32. The molecular weight excluding hydrogens is 439 g/mol. The summed E-state index contributed by atoms with van der Waals surface area (Å²) in [6, 6.07) is 15.0. The number of aromatic nitrogens is 1. The van der Waals surface area contributed by atoms with E-state index in [9.17, 15) is 9.18 Å². The van der Waals surface area contributed by atoms with E-state index in [1.165, 1.54) is 30.9 Å². The number of aryl methyl sites for hydroxylation is 1. The predicted molar refractivity (Wildman–Crippen MR) is 142 cm³/mol. The van der Waals surface area contributed by atoms with Gasteiger partial charge < -0.3 is 14.8 Å². The molecule has 188 valence electrons. The van der Waals surface area contributed by atoms with Crippen LogP contribution in [-0.2, 0) is 11.2 Å². The number of nitrogens with zero attached hydrogens (tertiary/aromatic N) is 3. The highest BCUT2D eigenvalue weighted by atomic mass is 19.1. The van der Waals surface area contributed by atoms with Crippen LogP contribution < -0.4 is 4.90 Å². The van der Waals surface area contributed by atoms with Crippen LogP contribution in [0.5, 0.6) is 0 Å². The maximum absolute atomic E-state index is 13.6. The first-order valence-corrected chi connectivity index (χ1v) is 13.2. The van der Waals surface area contributed by atoms with Gasteiger partial charge in [-0.3, -0.25) is 9.69 Å². The van der Waals surface area contributed by atoms with Crippen LogP contribution in [0.4, 0.5) is 10.1 Å². The van der Waals surface area contributed by atoms with Crippen LogP contribution in [0.2, 0.25) is 0 Å². The van der Waals surface area contributed by atoms with E-state index in [0.717, 1.165) is 75.1 Å². The van der Waals surface area contributed by atoms with E-state index < -0.39 is 0 Å². The molecule has 6 heteroatoms. The molecule has 1 aliphatic rings. The first-order chi connectivity index (χ1) is 17.1. The van der Waals surface area contributed by atoms with E-state index in [4.69, 9.17) is 0 Å². The number of carbonyl (C=O) groups is 1. The van der Waals surface area contributed by atoms with Gasteiger partial charge in [0.1, 0.15) is 5.82 Å². The van der Waals surface area contributed by atoms with Gasteiger partial charge >= 0.3 is 0 Å². The molecule has 0 saturated carbocycles. The fourth-order valence-electron chi connectivity index (χ4n) is 5.00. The molecule has 3 aromatic rings. The topological polar surface area (TPSA) is 42.6 Å². The zero-order valence-electron chi connectivity index (χ0n) is 21.0. The molecule has 1 N–H and O–H groups in total. The van der Waals surface area contributed by atoms with Gasteiger partial charge in [0.25, 0.3) is 0 Å². The van der Waals surface area contributed by atoms with Gasteiger partial charge in [-0.1, -0.05) is 44.4 Å². The fourth-order valence-corrected chi connectivity index (χ4v) is 5.00. The molecule has 0 unspecified atom stereocenters. The maximum Gasteiger partial charge on any atom is 0.241 e. The summed E-state index contributed by atoms with van der Waals surface area (Å²) in [6.07, 6.45) is 8.62. The minimum atomic E-state index is -0.184. The summed E-state index contributed by atoms with van der Waals surface area (Å²) in [7, 11) is 0. The van der Waals surface area contributed by atoms with Gasteiger partial charge in [-0.25, -0.2) is 4.39 Å².